The molecule has 0 atom stereocenters. The number of rotatable bonds is 5. The topological polar surface area (TPSA) is 76.7 Å². The van der Waals surface area contributed by atoms with Crippen LogP contribution in [0.25, 0.3) is 72.4 Å². The van der Waals surface area contributed by atoms with Crippen LogP contribution in [-0.2, 0) is 10.8 Å². The van der Waals surface area contributed by atoms with Gasteiger partial charge in [0.25, 0.3) is 0 Å². The Morgan fingerprint density at radius 3 is 2.04 bits per heavy atom. The zero-order valence-corrected chi connectivity index (χ0v) is 30.4. The highest BCUT2D eigenvalue weighted by Gasteiger charge is 2.22. The molecule has 4 aromatic carbocycles. The van der Waals surface area contributed by atoms with Gasteiger partial charge < -0.3 is 5.11 Å². The predicted octanol–water partition coefficient (Wildman–Crippen LogP) is 11.3. The molecule has 0 aliphatic heterocycles. The number of para-hydroxylation sites is 1. The monoisotopic (exact) mass is 679 g/mol. The van der Waals surface area contributed by atoms with Crippen LogP contribution < -0.4 is 0 Å². The summed E-state index contributed by atoms with van der Waals surface area (Å²) in [5.74, 6) is 0.944. The quantitative estimate of drug-likeness (QED) is 0.196. The Hall–Kier alpha value is -6.14. The number of hydrogen-bond donors (Lipinski definition) is 1. The van der Waals surface area contributed by atoms with E-state index >= 15 is 0 Å². The summed E-state index contributed by atoms with van der Waals surface area (Å²) in [5, 5.41) is 12.4. The van der Waals surface area contributed by atoms with E-state index in [0.29, 0.717) is 5.56 Å². The molecule has 0 spiro atoms. The zero-order valence-electron chi connectivity index (χ0n) is 30.4. The molecule has 6 nitrogen and oxygen atoms in total. The van der Waals surface area contributed by atoms with Crippen LogP contribution in [0.1, 0.15) is 52.7 Å². The molecule has 0 aliphatic rings. The van der Waals surface area contributed by atoms with Crippen LogP contribution in [0.15, 0.2) is 134 Å². The maximum atomic E-state index is 11.3. The predicted molar refractivity (Wildman–Crippen MR) is 213 cm³/mol. The fraction of sp³-hybridized carbons (Fsp3) is 0.174. The highest BCUT2D eigenvalue weighted by molar-refractivity contribution is 5.98. The largest absolute Gasteiger partial charge is 0.507 e. The van der Waals surface area contributed by atoms with Crippen molar-refractivity contribution in [3.63, 3.8) is 0 Å². The van der Waals surface area contributed by atoms with Gasteiger partial charge in [-0.2, -0.15) is 0 Å². The van der Waals surface area contributed by atoms with Crippen LogP contribution in [0.4, 0.5) is 0 Å². The summed E-state index contributed by atoms with van der Waals surface area (Å²) in [6.45, 7) is 13.4. The Kier molecular flexibility index (Phi) is 7.98. The molecule has 8 rings (SSSR count). The van der Waals surface area contributed by atoms with E-state index in [1.165, 1.54) is 11.1 Å². The lowest BCUT2D eigenvalue weighted by Gasteiger charge is -2.21. The van der Waals surface area contributed by atoms with Gasteiger partial charge in [0, 0.05) is 75.4 Å². The molecular formula is C46H41N5O. The second kappa shape index (κ2) is 12.6. The van der Waals surface area contributed by atoms with Crippen LogP contribution >= 0.6 is 0 Å². The van der Waals surface area contributed by atoms with Gasteiger partial charge in [0.1, 0.15) is 11.6 Å². The second-order valence-corrected chi connectivity index (χ2v) is 15.5. The average Bonchev–Trinajstić information content (AvgIpc) is 3.54. The van der Waals surface area contributed by atoms with Gasteiger partial charge in [-0.05, 0) is 88.2 Å². The number of fused-ring (bicyclic) bond motifs is 2. The molecule has 0 radical (unpaired) electrons. The van der Waals surface area contributed by atoms with E-state index < -0.39 is 0 Å². The number of aromatic hydroxyl groups is 1. The lowest BCUT2D eigenvalue weighted by Crippen LogP contribution is -2.11. The first-order valence-corrected chi connectivity index (χ1v) is 17.7. The Balaban J connectivity index is 1.36. The van der Waals surface area contributed by atoms with Crippen molar-refractivity contribution in [2.45, 2.75) is 52.4 Å². The Morgan fingerprint density at radius 2 is 1.29 bits per heavy atom. The molecular weight excluding hydrogens is 639 g/mol. The highest BCUT2D eigenvalue weighted by Crippen LogP contribution is 2.41. The lowest BCUT2D eigenvalue weighted by molar-refractivity contribution is 0.477. The molecule has 52 heavy (non-hydrogen) atoms. The number of aromatic nitrogens is 5. The first kappa shape index (κ1) is 33.0. The minimum absolute atomic E-state index is 0.0129. The first-order chi connectivity index (χ1) is 25.0. The van der Waals surface area contributed by atoms with Gasteiger partial charge in [0.15, 0.2) is 0 Å². The third-order valence-corrected chi connectivity index (χ3v) is 9.84. The minimum Gasteiger partial charge on any atom is -0.507 e. The fourth-order valence-electron chi connectivity index (χ4n) is 6.90. The fourth-order valence-corrected chi connectivity index (χ4v) is 6.90. The van der Waals surface area contributed by atoms with Gasteiger partial charge in [-0.3, -0.25) is 19.5 Å². The summed E-state index contributed by atoms with van der Waals surface area (Å²) in [5.41, 5.74) is 12.4. The van der Waals surface area contributed by atoms with E-state index in [0.717, 1.165) is 66.8 Å². The molecule has 0 aliphatic carbocycles. The van der Waals surface area contributed by atoms with E-state index in [1.54, 1.807) is 12.3 Å². The van der Waals surface area contributed by atoms with Gasteiger partial charge in [-0.15, -0.1) is 0 Å². The molecule has 0 amide bonds. The van der Waals surface area contributed by atoms with Crippen molar-refractivity contribution < 1.29 is 5.11 Å². The van der Waals surface area contributed by atoms with Gasteiger partial charge >= 0.3 is 0 Å². The van der Waals surface area contributed by atoms with Crippen molar-refractivity contribution in [2.24, 2.45) is 0 Å². The van der Waals surface area contributed by atoms with Crippen LogP contribution in [0.2, 0.25) is 0 Å². The SMILES string of the molecule is CC(C)(C)c1ccc(-n2c(-c3cncc(-c4cc(C(C)(C)C)cc5cccnc45)c3)nc3c(-c4cc(-c5cccnc5)ccc4O)cccc32)cc1. The Morgan fingerprint density at radius 1 is 0.538 bits per heavy atom. The summed E-state index contributed by atoms with van der Waals surface area (Å²) >= 11 is 0. The number of nitrogens with zero attached hydrogens (tertiary/aromatic N) is 5. The highest BCUT2D eigenvalue weighted by atomic mass is 16.3. The molecule has 0 saturated heterocycles. The minimum atomic E-state index is -0.0483. The smallest absolute Gasteiger partial charge is 0.147 e. The van der Waals surface area contributed by atoms with Crippen molar-refractivity contribution in [1.82, 2.24) is 24.5 Å². The molecule has 4 heterocycles. The van der Waals surface area contributed by atoms with Crippen molar-refractivity contribution in [3.05, 3.63) is 145 Å². The van der Waals surface area contributed by atoms with Gasteiger partial charge in [-0.25, -0.2) is 4.98 Å². The molecule has 6 heteroatoms. The summed E-state index contributed by atoms with van der Waals surface area (Å²) in [6, 6.07) is 35.3. The zero-order chi connectivity index (χ0) is 36.2. The van der Waals surface area contributed by atoms with Crippen LogP contribution in [0, 0.1) is 0 Å². The normalized spacial score (nSPS) is 12.1. The number of pyridine rings is 3. The molecule has 0 unspecified atom stereocenters. The number of imidazole rings is 1. The van der Waals surface area contributed by atoms with Crippen molar-refractivity contribution >= 4 is 21.9 Å². The van der Waals surface area contributed by atoms with E-state index in [4.69, 9.17) is 15.0 Å². The molecule has 0 bridgehead atoms. The molecule has 1 N–H and O–H groups in total. The van der Waals surface area contributed by atoms with Crippen molar-refractivity contribution in [3.8, 4) is 56.2 Å². The Labute approximate surface area is 304 Å². The number of phenols is 1. The second-order valence-electron chi connectivity index (χ2n) is 15.5. The summed E-state index contributed by atoms with van der Waals surface area (Å²) in [6.07, 6.45) is 9.24. The lowest BCUT2D eigenvalue weighted by atomic mass is 9.84. The summed E-state index contributed by atoms with van der Waals surface area (Å²) < 4.78 is 2.20. The maximum absolute atomic E-state index is 11.3. The van der Waals surface area contributed by atoms with E-state index in [2.05, 4.69) is 106 Å². The number of benzene rings is 4. The standard InChI is InChI=1S/C46H41N5O/c1-45(2,3)34-15-17-36(18-16-34)51-40-13-7-12-37(39-24-29(14-19-41(39)52)31-11-8-20-47-26-31)43(40)50-44(51)33-22-32(27-48-28-33)38-25-35(46(4,5)6)23-30-10-9-21-49-42(30)38/h7-28,52H,1-6H3. The molecule has 8 aromatic rings. The Bertz CT molecular complexity index is 2590. The molecule has 0 fully saturated rings. The van der Waals surface area contributed by atoms with Gasteiger partial charge in [0.05, 0.1) is 16.6 Å². The maximum Gasteiger partial charge on any atom is 0.147 e. The summed E-state index contributed by atoms with van der Waals surface area (Å²) in [4.78, 5) is 19.3. The van der Waals surface area contributed by atoms with Crippen LogP contribution in [0.3, 0.4) is 0 Å². The van der Waals surface area contributed by atoms with Crippen LogP contribution in [-0.4, -0.2) is 29.6 Å². The number of phenolic OH excluding ortho intramolecular Hbond substituents is 1. The number of hydrogen-bond acceptors (Lipinski definition) is 5. The van der Waals surface area contributed by atoms with Crippen molar-refractivity contribution in [2.75, 3.05) is 0 Å². The van der Waals surface area contributed by atoms with E-state index in [-0.39, 0.29) is 16.6 Å². The molecule has 4 aromatic heterocycles. The van der Waals surface area contributed by atoms with Gasteiger partial charge in [-0.1, -0.05) is 84.0 Å². The molecule has 256 valence electrons. The van der Waals surface area contributed by atoms with Gasteiger partial charge in [0.2, 0.25) is 0 Å². The molecule has 0 saturated carbocycles. The summed E-state index contributed by atoms with van der Waals surface area (Å²) in [7, 11) is 0. The first-order valence-electron chi connectivity index (χ1n) is 17.7. The van der Waals surface area contributed by atoms with Crippen molar-refractivity contribution in [1.29, 1.82) is 0 Å². The van der Waals surface area contributed by atoms with E-state index in [9.17, 15) is 5.11 Å². The average molecular weight is 680 g/mol. The third kappa shape index (κ3) is 6.00. The third-order valence-electron chi connectivity index (χ3n) is 9.84. The van der Waals surface area contributed by atoms with Crippen LogP contribution in [0.5, 0.6) is 5.75 Å². The van der Waals surface area contributed by atoms with E-state index in [1.807, 2.05) is 67.3 Å².